The van der Waals surface area contributed by atoms with Crippen LogP contribution in [0.2, 0.25) is 0 Å². The second kappa shape index (κ2) is 9.13. The number of carbonyl (C=O) groups excluding carboxylic acids is 1. The minimum atomic E-state index is 0. The molecular weight excluding hydrogens is 380 g/mol. The number of anilines is 1. The van der Waals surface area contributed by atoms with Crippen LogP contribution in [0.4, 0.5) is 5.82 Å². The number of aromatic nitrogens is 2. The Labute approximate surface area is 171 Å². The van der Waals surface area contributed by atoms with Crippen LogP contribution < -0.4 is 10.6 Å². The van der Waals surface area contributed by atoms with Crippen LogP contribution >= 0.6 is 24.2 Å². The number of aryl methyl sites for hydroxylation is 2. The summed E-state index contributed by atoms with van der Waals surface area (Å²) in [6.07, 6.45) is 5.71. The molecule has 2 N–H and O–H groups in total. The third-order valence-electron chi connectivity index (χ3n) is 5.30. The van der Waals surface area contributed by atoms with E-state index in [-0.39, 0.29) is 30.4 Å². The number of amides is 1. The normalized spacial score (nSPS) is 21.8. The number of hydrogen-bond donors (Lipinski definition) is 2. The lowest BCUT2D eigenvalue weighted by Gasteiger charge is -2.27. The molecule has 1 aliphatic heterocycles. The third-order valence-corrected chi connectivity index (χ3v) is 6.43. The van der Waals surface area contributed by atoms with E-state index in [1.165, 1.54) is 11.1 Å². The van der Waals surface area contributed by atoms with Crippen molar-refractivity contribution in [1.29, 1.82) is 0 Å². The third kappa shape index (κ3) is 4.50. The molecule has 2 atom stereocenters. The molecule has 1 aliphatic carbocycles. The maximum absolute atomic E-state index is 12.6. The summed E-state index contributed by atoms with van der Waals surface area (Å²) >= 11 is 1.91. The van der Waals surface area contributed by atoms with Crippen LogP contribution in [0.5, 0.6) is 0 Å². The summed E-state index contributed by atoms with van der Waals surface area (Å²) < 4.78 is 2.02. The van der Waals surface area contributed by atoms with E-state index in [0.29, 0.717) is 6.42 Å². The van der Waals surface area contributed by atoms with Gasteiger partial charge in [-0.15, -0.1) is 12.4 Å². The van der Waals surface area contributed by atoms with Gasteiger partial charge in [-0.25, -0.2) is 4.68 Å². The van der Waals surface area contributed by atoms with E-state index in [0.717, 1.165) is 48.7 Å². The van der Waals surface area contributed by atoms with Gasteiger partial charge in [0.25, 0.3) is 0 Å². The topological polar surface area (TPSA) is 59.0 Å². The molecule has 0 saturated carbocycles. The lowest BCUT2D eigenvalue weighted by Crippen LogP contribution is -2.40. The number of thioether (sulfide) groups is 1. The van der Waals surface area contributed by atoms with Crippen molar-refractivity contribution in [2.75, 3.05) is 23.4 Å². The maximum Gasteiger partial charge on any atom is 0.227 e. The van der Waals surface area contributed by atoms with Gasteiger partial charge in [0.15, 0.2) is 0 Å². The van der Waals surface area contributed by atoms with E-state index in [1.807, 2.05) is 29.6 Å². The summed E-state index contributed by atoms with van der Waals surface area (Å²) in [4.78, 5) is 12.6. The molecule has 1 aromatic heterocycles. The fraction of sp³-hybridized carbons (Fsp3) is 0.500. The van der Waals surface area contributed by atoms with E-state index < -0.39 is 0 Å². The molecular formula is C20H27ClN4OS. The van der Waals surface area contributed by atoms with Crippen molar-refractivity contribution < 1.29 is 4.79 Å². The number of halogens is 1. The van der Waals surface area contributed by atoms with Crippen molar-refractivity contribution in [3.8, 4) is 0 Å². The van der Waals surface area contributed by atoms with Gasteiger partial charge in [-0.05, 0) is 37.3 Å². The number of hydrogen-bond acceptors (Lipinski definition) is 4. The van der Waals surface area contributed by atoms with E-state index >= 15 is 0 Å². The first-order valence-corrected chi connectivity index (χ1v) is 10.6. The van der Waals surface area contributed by atoms with Crippen LogP contribution in [0.15, 0.2) is 30.5 Å². The Morgan fingerprint density at radius 3 is 3.07 bits per heavy atom. The Kier molecular flexibility index (Phi) is 6.84. The predicted octanol–water partition coefficient (Wildman–Crippen LogP) is 3.57. The van der Waals surface area contributed by atoms with Crippen molar-refractivity contribution >= 4 is 35.9 Å². The summed E-state index contributed by atoms with van der Waals surface area (Å²) in [6, 6.07) is 9.08. The summed E-state index contributed by atoms with van der Waals surface area (Å²) in [7, 11) is 0. The standard InChI is InChI=1S/C20H26N4OS.ClH/c1-14-12-22-24(18-8-4-6-15-5-2-3-7-17(15)18)20(14)23-19(25)11-16-13-26-10-9-21-16;/h2-3,5,7,12,16,18,21H,4,6,8-11,13H2,1H3,(H,23,25);1H. The van der Waals surface area contributed by atoms with Crippen LogP contribution in [0.25, 0.3) is 0 Å². The highest BCUT2D eigenvalue weighted by Gasteiger charge is 2.26. The number of benzene rings is 1. The average Bonchev–Trinajstić information content (AvgIpc) is 3.02. The van der Waals surface area contributed by atoms with Crippen molar-refractivity contribution in [2.24, 2.45) is 0 Å². The van der Waals surface area contributed by atoms with E-state index in [9.17, 15) is 4.79 Å². The van der Waals surface area contributed by atoms with Gasteiger partial charge in [-0.1, -0.05) is 24.3 Å². The van der Waals surface area contributed by atoms with Gasteiger partial charge in [0, 0.05) is 36.1 Å². The van der Waals surface area contributed by atoms with E-state index in [2.05, 4.69) is 40.0 Å². The number of nitrogens with one attached hydrogen (secondary N) is 2. The number of rotatable bonds is 4. The molecule has 5 nitrogen and oxygen atoms in total. The SMILES string of the molecule is Cc1cnn(C2CCCc3ccccc32)c1NC(=O)CC1CSCCN1.Cl. The van der Waals surface area contributed by atoms with Crippen LogP contribution in [-0.4, -0.2) is 39.8 Å². The zero-order chi connectivity index (χ0) is 17.9. The first-order valence-electron chi connectivity index (χ1n) is 9.45. The molecule has 2 aromatic rings. The van der Waals surface area contributed by atoms with Crippen LogP contribution in [-0.2, 0) is 11.2 Å². The molecule has 27 heavy (non-hydrogen) atoms. The lowest BCUT2D eigenvalue weighted by atomic mass is 9.88. The highest BCUT2D eigenvalue weighted by atomic mass is 35.5. The number of nitrogens with zero attached hydrogens (tertiary/aromatic N) is 2. The van der Waals surface area contributed by atoms with Crippen molar-refractivity contribution in [3.63, 3.8) is 0 Å². The number of carbonyl (C=O) groups is 1. The highest BCUT2D eigenvalue weighted by Crippen LogP contribution is 2.35. The fourth-order valence-electron chi connectivity index (χ4n) is 3.98. The zero-order valence-electron chi connectivity index (χ0n) is 15.6. The monoisotopic (exact) mass is 406 g/mol. The molecule has 0 bridgehead atoms. The molecule has 2 aliphatic rings. The van der Waals surface area contributed by atoms with Gasteiger partial charge in [0.1, 0.15) is 5.82 Å². The molecule has 1 fully saturated rings. The fourth-order valence-corrected chi connectivity index (χ4v) is 4.93. The highest BCUT2D eigenvalue weighted by molar-refractivity contribution is 7.99. The molecule has 2 heterocycles. The van der Waals surface area contributed by atoms with Gasteiger partial charge in [0.05, 0.1) is 12.2 Å². The summed E-state index contributed by atoms with van der Waals surface area (Å²) in [5.74, 6) is 3.05. The quantitative estimate of drug-likeness (QED) is 0.814. The summed E-state index contributed by atoms with van der Waals surface area (Å²) in [5.41, 5.74) is 3.76. The first kappa shape index (κ1) is 20.2. The van der Waals surface area contributed by atoms with Gasteiger partial charge < -0.3 is 10.6 Å². The molecule has 1 aromatic carbocycles. The van der Waals surface area contributed by atoms with Gasteiger partial charge in [-0.3, -0.25) is 4.79 Å². The lowest BCUT2D eigenvalue weighted by molar-refractivity contribution is -0.116. The van der Waals surface area contributed by atoms with Crippen LogP contribution in [0.3, 0.4) is 0 Å². The first-order chi connectivity index (χ1) is 12.7. The van der Waals surface area contributed by atoms with Crippen molar-refractivity contribution in [3.05, 3.63) is 47.2 Å². The Morgan fingerprint density at radius 1 is 1.41 bits per heavy atom. The second-order valence-electron chi connectivity index (χ2n) is 7.21. The Balaban J connectivity index is 0.00000210. The molecule has 2 unspecified atom stereocenters. The molecule has 0 radical (unpaired) electrons. The van der Waals surface area contributed by atoms with Gasteiger partial charge in [-0.2, -0.15) is 16.9 Å². The molecule has 4 rings (SSSR count). The molecule has 7 heteroatoms. The zero-order valence-corrected chi connectivity index (χ0v) is 17.2. The predicted molar refractivity (Wildman–Crippen MR) is 114 cm³/mol. The summed E-state index contributed by atoms with van der Waals surface area (Å²) in [6.45, 7) is 3.00. The minimum Gasteiger partial charge on any atom is -0.312 e. The minimum absolute atomic E-state index is 0. The Bertz CT molecular complexity index is 788. The van der Waals surface area contributed by atoms with Gasteiger partial charge in [0.2, 0.25) is 5.91 Å². The van der Waals surface area contributed by atoms with Crippen molar-refractivity contribution in [1.82, 2.24) is 15.1 Å². The van der Waals surface area contributed by atoms with Crippen molar-refractivity contribution in [2.45, 2.75) is 44.7 Å². The molecule has 0 spiro atoms. The summed E-state index contributed by atoms with van der Waals surface area (Å²) in [5, 5.41) is 11.2. The largest absolute Gasteiger partial charge is 0.312 e. The molecule has 1 amide bonds. The smallest absolute Gasteiger partial charge is 0.227 e. The average molecular weight is 407 g/mol. The Morgan fingerprint density at radius 2 is 2.26 bits per heavy atom. The Hall–Kier alpha value is -1.50. The van der Waals surface area contributed by atoms with E-state index in [1.54, 1.807) is 0 Å². The van der Waals surface area contributed by atoms with E-state index in [4.69, 9.17) is 0 Å². The second-order valence-corrected chi connectivity index (χ2v) is 8.36. The van der Waals surface area contributed by atoms with Crippen LogP contribution in [0.1, 0.15) is 42.0 Å². The number of fused-ring (bicyclic) bond motifs is 1. The molecule has 1 saturated heterocycles. The molecule has 146 valence electrons. The maximum atomic E-state index is 12.6. The van der Waals surface area contributed by atoms with Gasteiger partial charge >= 0.3 is 0 Å². The van der Waals surface area contributed by atoms with Crippen LogP contribution in [0, 0.1) is 6.92 Å².